The molecule has 1 heterocycles. The Morgan fingerprint density at radius 2 is 2.36 bits per heavy atom. The van der Waals surface area contributed by atoms with Gasteiger partial charge in [-0.15, -0.1) is 0 Å². The SMILES string of the molecule is CC(=O)Cc1nc2ccc(F)cc2o1. The minimum atomic E-state index is -0.372. The van der Waals surface area contributed by atoms with Gasteiger partial charge in [0.05, 0.1) is 6.42 Å². The molecule has 0 amide bonds. The van der Waals surface area contributed by atoms with Gasteiger partial charge in [0, 0.05) is 6.07 Å². The molecule has 72 valence electrons. The zero-order valence-corrected chi connectivity index (χ0v) is 7.58. The van der Waals surface area contributed by atoms with E-state index >= 15 is 0 Å². The summed E-state index contributed by atoms with van der Waals surface area (Å²) in [5.74, 6) is -0.0712. The van der Waals surface area contributed by atoms with Crippen molar-refractivity contribution in [2.24, 2.45) is 0 Å². The molecular weight excluding hydrogens is 185 g/mol. The summed E-state index contributed by atoms with van der Waals surface area (Å²) in [6.07, 6.45) is 0.149. The molecular formula is C10H8FNO2. The highest BCUT2D eigenvalue weighted by atomic mass is 19.1. The number of hydrogen-bond acceptors (Lipinski definition) is 3. The molecule has 2 rings (SSSR count). The van der Waals surface area contributed by atoms with Crippen LogP contribution in [0.5, 0.6) is 0 Å². The number of Topliss-reactive ketones (excluding diaryl/α,β-unsaturated/α-hetero) is 1. The van der Waals surface area contributed by atoms with Gasteiger partial charge in [0.15, 0.2) is 5.58 Å². The molecule has 0 aliphatic rings. The van der Waals surface area contributed by atoms with Crippen LogP contribution in [-0.4, -0.2) is 10.8 Å². The van der Waals surface area contributed by atoms with Gasteiger partial charge < -0.3 is 4.42 Å². The summed E-state index contributed by atoms with van der Waals surface area (Å²) in [7, 11) is 0. The Balaban J connectivity index is 2.46. The Kier molecular flexibility index (Phi) is 2.04. The lowest BCUT2D eigenvalue weighted by molar-refractivity contribution is -0.116. The first-order chi connectivity index (χ1) is 6.65. The highest BCUT2D eigenvalue weighted by Gasteiger charge is 2.07. The van der Waals surface area contributed by atoms with Crippen LogP contribution in [0.25, 0.3) is 11.1 Å². The number of carbonyl (C=O) groups is 1. The van der Waals surface area contributed by atoms with E-state index in [0.717, 1.165) is 0 Å². The van der Waals surface area contributed by atoms with E-state index in [9.17, 15) is 9.18 Å². The van der Waals surface area contributed by atoms with Crippen molar-refractivity contribution < 1.29 is 13.6 Å². The van der Waals surface area contributed by atoms with Crippen molar-refractivity contribution in [1.29, 1.82) is 0 Å². The first-order valence-corrected chi connectivity index (χ1v) is 4.19. The van der Waals surface area contributed by atoms with Gasteiger partial charge >= 0.3 is 0 Å². The average molecular weight is 193 g/mol. The van der Waals surface area contributed by atoms with Crippen LogP contribution in [0.15, 0.2) is 22.6 Å². The molecule has 0 aliphatic heterocycles. The smallest absolute Gasteiger partial charge is 0.202 e. The molecule has 3 nitrogen and oxygen atoms in total. The molecule has 2 aromatic rings. The first kappa shape index (κ1) is 8.87. The molecule has 0 spiro atoms. The molecule has 1 aromatic carbocycles. The Labute approximate surface area is 79.5 Å². The number of fused-ring (bicyclic) bond motifs is 1. The van der Waals surface area contributed by atoms with Gasteiger partial charge in [-0.25, -0.2) is 9.37 Å². The predicted octanol–water partition coefficient (Wildman–Crippen LogP) is 2.10. The van der Waals surface area contributed by atoms with E-state index in [0.29, 0.717) is 17.0 Å². The van der Waals surface area contributed by atoms with Crippen LogP contribution in [0.2, 0.25) is 0 Å². The van der Waals surface area contributed by atoms with Crippen LogP contribution >= 0.6 is 0 Å². The van der Waals surface area contributed by atoms with Gasteiger partial charge in [-0.3, -0.25) is 4.79 Å². The maximum Gasteiger partial charge on any atom is 0.202 e. The largest absolute Gasteiger partial charge is 0.440 e. The summed E-state index contributed by atoms with van der Waals surface area (Å²) >= 11 is 0. The lowest BCUT2D eigenvalue weighted by Gasteiger charge is -1.86. The zero-order valence-electron chi connectivity index (χ0n) is 7.58. The summed E-state index contributed by atoms with van der Waals surface area (Å²) in [5, 5.41) is 0. The van der Waals surface area contributed by atoms with Gasteiger partial charge in [0.1, 0.15) is 17.1 Å². The molecule has 1 aromatic heterocycles. The molecule has 0 fully saturated rings. The van der Waals surface area contributed by atoms with E-state index in [1.807, 2.05) is 0 Å². The predicted molar refractivity (Wildman–Crippen MR) is 48.4 cm³/mol. The van der Waals surface area contributed by atoms with Crippen LogP contribution in [0.4, 0.5) is 4.39 Å². The second-order valence-corrected chi connectivity index (χ2v) is 3.10. The fourth-order valence-electron chi connectivity index (χ4n) is 1.23. The van der Waals surface area contributed by atoms with Crippen LogP contribution < -0.4 is 0 Å². The minimum absolute atomic E-state index is 0.0305. The van der Waals surface area contributed by atoms with Crippen LogP contribution in [0.3, 0.4) is 0 Å². The number of ketones is 1. The van der Waals surface area contributed by atoms with Gasteiger partial charge in [0.2, 0.25) is 5.89 Å². The highest BCUT2D eigenvalue weighted by Crippen LogP contribution is 2.16. The summed E-state index contributed by atoms with van der Waals surface area (Å²) in [6, 6.07) is 4.09. The molecule has 0 saturated carbocycles. The monoisotopic (exact) mass is 193 g/mol. The minimum Gasteiger partial charge on any atom is -0.440 e. The van der Waals surface area contributed by atoms with Crippen LogP contribution in [0.1, 0.15) is 12.8 Å². The second-order valence-electron chi connectivity index (χ2n) is 3.10. The van der Waals surface area contributed by atoms with Crippen molar-refractivity contribution >= 4 is 16.9 Å². The van der Waals surface area contributed by atoms with Crippen LogP contribution in [-0.2, 0) is 11.2 Å². The standard InChI is InChI=1S/C10H8FNO2/c1-6(13)4-10-12-8-3-2-7(11)5-9(8)14-10/h2-3,5H,4H2,1H3. The fraction of sp³-hybridized carbons (Fsp3) is 0.200. The van der Waals surface area contributed by atoms with Crippen molar-refractivity contribution in [1.82, 2.24) is 4.98 Å². The number of halogens is 1. The number of rotatable bonds is 2. The van der Waals surface area contributed by atoms with Crippen molar-refractivity contribution in [3.05, 3.63) is 29.9 Å². The Morgan fingerprint density at radius 1 is 1.57 bits per heavy atom. The Hall–Kier alpha value is -1.71. The highest BCUT2D eigenvalue weighted by molar-refractivity contribution is 5.78. The van der Waals surface area contributed by atoms with Gasteiger partial charge in [-0.2, -0.15) is 0 Å². The van der Waals surface area contributed by atoms with Crippen molar-refractivity contribution in [3.63, 3.8) is 0 Å². The van der Waals surface area contributed by atoms with E-state index in [4.69, 9.17) is 4.42 Å². The maximum absolute atomic E-state index is 12.8. The van der Waals surface area contributed by atoms with Gasteiger partial charge in [-0.1, -0.05) is 0 Å². The summed E-state index contributed by atoms with van der Waals surface area (Å²) < 4.78 is 17.9. The molecule has 4 heteroatoms. The average Bonchev–Trinajstić information content (AvgIpc) is 2.44. The fourth-order valence-corrected chi connectivity index (χ4v) is 1.23. The Bertz CT molecular complexity index is 490. The van der Waals surface area contributed by atoms with E-state index in [2.05, 4.69) is 4.98 Å². The quantitative estimate of drug-likeness (QED) is 0.733. The molecule has 0 N–H and O–H groups in total. The number of carbonyl (C=O) groups excluding carboxylic acids is 1. The summed E-state index contributed by atoms with van der Waals surface area (Å²) in [6.45, 7) is 1.45. The Morgan fingerprint density at radius 3 is 3.07 bits per heavy atom. The number of oxazole rings is 1. The lowest BCUT2D eigenvalue weighted by Crippen LogP contribution is -1.95. The van der Waals surface area contributed by atoms with Crippen molar-refractivity contribution in [2.45, 2.75) is 13.3 Å². The maximum atomic E-state index is 12.8. The van der Waals surface area contributed by atoms with Gasteiger partial charge in [-0.05, 0) is 19.1 Å². The third kappa shape index (κ3) is 1.64. The second kappa shape index (κ2) is 3.21. The third-order valence-corrected chi connectivity index (χ3v) is 1.79. The molecule has 0 saturated heterocycles. The third-order valence-electron chi connectivity index (χ3n) is 1.79. The van der Waals surface area contributed by atoms with E-state index in [1.165, 1.54) is 25.1 Å². The normalized spacial score (nSPS) is 10.7. The van der Waals surface area contributed by atoms with Crippen molar-refractivity contribution in [3.8, 4) is 0 Å². The first-order valence-electron chi connectivity index (χ1n) is 4.19. The molecule has 14 heavy (non-hydrogen) atoms. The van der Waals surface area contributed by atoms with Gasteiger partial charge in [0.25, 0.3) is 0 Å². The number of benzene rings is 1. The topological polar surface area (TPSA) is 43.1 Å². The molecule has 0 bridgehead atoms. The zero-order chi connectivity index (χ0) is 10.1. The summed E-state index contributed by atoms with van der Waals surface area (Å²) in [5.41, 5.74) is 0.948. The number of nitrogens with zero attached hydrogens (tertiary/aromatic N) is 1. The van der Waals surface area contributed by atoms with E-state index in [1.54, 1.807) is 0 Å². The number of aromatic nitrogens is 1. The molecule has 0 atom stereocenters. The van der Waals surface area contributed by atoms with E-state index in [-0.39, 0.29) is 18.0 Å². The van der Waals surface area contributed by atoms with Crippen molar-refractivity contribution in [2.75, 3.05) is 0 Å². The molecule has 0 unspecified atom stereocenters. The summed E-state index contributed by atoms with van der Waals surface area (Å²) in [4.78, 5) is 14.8. The molecule has 0 aliphatic carbocycles. The lowest BCUT2D eigenvalue weighted by atomic mass is 10.3. The van der Waals surface area contributed by atoms with Crippen LogP contribution in [0, 0.1) is 5.82 Å². The molecule has 0 radical (unpaired) electrons. The number of hydrogen-bond donors (Lipinski definition) is 0. The van der Waals surface area contributed by atoms with E-state index < -0.39 is 0 Å².